The quantitative estimate of drug-likeness (QED) is 0.445. The minimum Gasteiger partial charge on any atom is -0.393 e. The molecule has 0 aliphatic heterocycles. The van der Waals surface area contributed by atoms with Gasteiger partial charge in [-0.3, -0.25) is 4.79 Å². The number of carbonyl (C=O) groups excluding carboxylic acids is 1. The van der Waals surface area contributed by atoms with Crippen LogP contribution in [-0.4, -0.2) is 43.1 Å². The first kappa shape index (κ1) is 11.3. The van der Waals surface area contributed by atoms with Crippen molar-refractivity contribution >= 4 is 23.6 Å². The lowest BCUT2D eigenvalue weighted by atomic mass is 10.4. The summed E-state index contributed by atoms with van der Waals surface area (Å²) in [6.07, 6.45) is 1.34. The number of hydrogen-bond donors (Lipinski definition) is 1. The Labute approximate surface area is 77.7 Å². The van der Waals surface area contributed by atoms with Gasteiger partial charge in [0.25, 0.3) is 0 Å². The van der Waals surface area contributed by atoms with Crippen molar-refractivity contribution in [3.05, 3.63) is 0 Å². The Morgan fingerprint density at radius 2 is 2.33 bits per heavy atom. The van der Waals surface area contributed by atoms with E-state index in [1.807, 2.05) is 0 Å². The third-order valence-corrected chi connectivity index (χ3v) is 1.58. The second-order valence-corrected chi connectivity index (χ2v) is 2.87. The number of ether oxygens (including phenoxy) is 1. The molecular formula is C7H14N2O2S. The van der Waals surface area contributed by atoms with Crippen molar-refractivity contribution < 1.29 is 9.53 Å². The molecule has 0 atom stereocenters. The van der Waals surface area contributed by atoms with Crippen LogP contribution in [0, 0.1) is 0 Å². The summed E-state index contributed by atoms with van der Waals surface area (Å²) >= 11 is 4.68. The van der Waals surface area contributed by atoms with Gasteiger partial charge in [-0.05, 0) is 0 Å². The van der Waals surface area contributed by atoms with Crippen LogP contribution in [0.25, 0.3) is 0 Å². The Hall–Kier alpha value is -0.680. The van der Waals surface area contributed by atoms with Crippen LogP contribution in [0.4, 0.5) is 0 Å². The third-order valence-electron chi connectivity index (χ3n) is 1.38. The molecule has 12 heavy (non-hydrogen) atoms. The molecule has 0 saturated heterocycles. The molecule has 0 bridgehead atoms. The number of amides is 1. The van der Waals surface area contributed by atoms with Gasteiger partial charge in [0.2, 0.25) is 6.41 Å². The molecule has 0 spiro atoms. The Morgan fingerprint density at radius 3 is 2.75 bits per heavy atom. The summed E-state index contributed by atoms with van der Waals surface area (Å²) in [7, 11) is 1.59. The van der Waals surface area contributed by atoms with Gasteiger partial charge in [-0.25, -0.2) is 0 Å². The number of hydrogen-bond acceptors (Lipinski definition) is 3. The van der Waals surface area contributed by atoms with Crippen LogP contribution < -0.4 is 5.73 Å². The zero-order valence-electron chi connectivity index (χ0n) is 7.16. The molecule has 0 heterocycles. The number of methoxy groups -OCH3 is 1. The van der Waals surface area contributed by atoms with Gasteiger partial charge >= 0.3 is 0 Å². The summed E-state index contributed by atoms with van der Waals surface area (Å²) in [4.78, 5) is 12.4. The van der Waals surface area contributed by atoms with Crippen LogP contribution in [0.1, 0.15) is 6.42 Å². The molecular weight excluding hydrogens is 176 g/mol. The fraction of sp³-hybridized carbons (Fsp3) is 0.714. The molecule has 0 aromatic heterocycles. The molecule has 0 rings (SSSR count). The van der Waals surface area contributed by atoms with E-state index in [4.69, 9.17) is 10.5 Å². The first-order valence-corrected chi connectivity index (χ1v) is 4.08. The zero-order chi connectivity index (χ0) is 9.40. The van der Waals surface area contributed by atoms with Gasteiger partial charge in [0, 0.05) is 26.6 Å². The summed E-state index contributed by atoms with van der Waals surface area (Å²) in [5.74, 6) is 0. The summed E-state index contributed by atoms with van der Waals surface area (Å²) < 4.78 is 4.82. The number of thiocarbonyl (C=S) groups is 1. The second-order valence-electron chi connectivity index (χ2n) is 2.35. The second kappa shape index (κ2) is 7.00. The van der Waals surface area contributed by atoms with Crippen molar-refractivity contribution in [3.63, 3.8) is 0 Å². The average molecular weight is 190 g/mol. The van der Waals surface area contributed by atoms with E-state index in [1.165, 1.54) is 0 Å². The highest BCUT2D eigenvalue weighted by atomic mass is 32.1. The van der Waals surface area contributed by atoms with Crippen molar-refractivity contribution in [1.29, 1.82) is 0 Å². The van der Waals surface area contributed by atoms with Crippen LogP contribution in [0.5, 0.6) is 0 Å². The number of nitrogens with two attached hydrogens (primary N) is 1. The van der Waals surface area contributed by atoms with Crippen LogP contribution in [-0.2, 0) is 9.53 Å². The Morgan fingerprint density at radius 1 is 1.67 bits per heavy atom. The molecule has 5 heteroatoms. The molecule has 1 amide bonds. The predicted octanol–water partition coefficient (Wildman–Crippen LogP) is -0.233. The lowest BCUT2D eigenvalue weighted by Gasteiger charge is -2.15. The lowest BCUT2D eigenvalue weighted by Crippen LogP contribution is -2.29. The molecule has 2 N–H and O–H groups in total. The van der Waals surface area contributed by atoms with Gasteiger partial charge in [0.1, 0.15) is 0 Å². The fourth-order valence-electron chi connectivity index (χ4n) is 0.680. The van der Waals surface area contributed by atoms with Gasteiger partial charge in [-0.15, -0.1) is 0 Å². The summed E-state index contributed by atoms with van der Waals surface area (Å²) in [6, 6.07) is 0. The van der Waals surface area contributed by atoms with E-state index in [2.05, 4.69) is 12.2 Å². The molecule has 0 aliphatic carbocycles. The summed E-state index contributed by atoms with van der Waals surface area (Å²) in [5.41, 5.74) is 5.28. The van der Waals surface area contributed by atoms with E-state index >= 15 is 0 Å². The molecule has 0 radical (unpaired) electrons. The topological polar surface area (TPSA) is 55.6 Å². The SMILES string of the molecule is COCCN(C=O)CCC(N)=S. The molecule has 0 aromatic carbocycles. The smallest absolute Gasteiger partial charge is 0.209 e. The van der Waals surface area contributed by atoms with E-state index in [-0.39, 0.29) is 0 Å². The molecule has 0 aliphatic rings. The molecule has 70 valence electrons. The van der Waals surface area contributed by atoms with E-state index in [0.29, 0.717) is 31.1 Å². The standard InChI is InChI=1S/C7H14N2O2S/c1-11-5-4-9(6-10)3-2-7(8)12/h6H,2-5H2,1H3,(H2,8,12). The number of carbonyl (C=O) groups is 1. The van der Waals surface area contributed by atoms with Gasteiger partial charge < -0.3 is 15.4 Å². The van der Waals surface area contributed by atoms with E-state index in [9.17, 15) is 4.79 Å². The van der Waals surface area contributed by atoms with Crippen molar-refractivity contribution in [1.82, 2.24) is 4.90 Å². The van der Waals surface area contributed by atoms with Crippen molar-refractivity contribution in [2.75, 3.05) is 26.8 Å². The van der Waals surface area contributed by atoms with Crippen molar-refractivity contribution in [2.24, 2.45) is 5.73 Å². The normalized spacial score (nSPS) is 9.42. The van der Waals surface area contributed by atoms with E-state index < -0.39 is 0 Å². The van der Waals surface area contributed by atoms with Crippen molar-refractivity contribution in [3.8, 4) is 0 Å². The van der Waals surface area contributed by atoms with Gasteiger partial charge in [0.05, 0.1) is 11.6 Å². The van der Waals surface area contributed by atoms with Crippen molar-refractivity contribution in [2.45, 2.75) is 6.42 Å². The third kappa shape index (κ3) is 6.06. The first-order chi connectivity index (χ1) is 5.70. The van der Waals surface area contributed by atoms with Gasteiger partial charge in [-0.2, -0.15) is 0 Å². The van der Waals surface area contributed by atoms with Crippen LogP contribution in [0.3, 0.4) is 0 Å². The largest absolute Gasteiger partial charge is 0.393 e. The minimum atomic E-state index is 0.430. The number of rotatable bonds is 7. The minimum absolute atomic E-state index is 0.430. The molecule has 0 aromatic rings. The number of nitrogens with zero attached hydrogens (tertiary/aromatic N) is 1. The Kier molecular flexibility index (Phi) is 6.60. The molecule has 4 nitrogen and oxygen atoms in total. The maximum atomic E-state index is 10.4. The highest BCUT2D eigenvalue weighted by Crippen LogP contribution is 1.88. The Bertz CT molecular complexity index is 152. The monoisotopic (exact) mass is 190 g/mol. The Balaban J connectivity index is 3.52. The maximum absolute atomic E-state index is 10.4. The molecule has 0 fully saturated rings. The average Bonchev–Trinajstić information content (AvgIpc) is 2.05. The lowest BCUT2D eigenvalue weighted by molar-refractivity contribution is -0.118. The van der Waals surface area contributed by atoms with Gasteiger partial charge in [0.15, 0.2) is 0 Å². The zero-order valence-corrected chi connectivity index (χ0v) is 7.97. The predicted molar refractivity (Wildman–Crippen MR) is 50.9 cm³/mol. The van der Waals surface area contributed by atoms with Crippen LogP contribution in [0.15, 0.2) is 0 Å². The van der Waals surface area contributed by atoms with Crippen LogP contribution in [0.2, 0.25) is 0 Å². The maximum Gasteiger partial charge on any atom is 0.209 e. The van der Waals surface area contributed by atoms with Crippen LogP contribution >= 0.6 is 12.2 Å². The summed E-state index contributed by atoms with van der Waals surface area (Å²) in [5, 5.41) is 0. The molecule has 0 saturated carbocycles. The first-order valence-electron chi connectivity index (χ1n) is 3.67. The fourth-order valence-corrected chi connectivity index (χ4v) is 0.771. The molecule has 0 unspecified atom stereocenters. The van der Waals surface area contributed by atoms with E-state index in [1.54, 1.807) is 12.0 Å². The summed E-state index contributed by atoms with van der Waals surface area (Å²) in [6.45, 7) is 1.70. The van der Waals surface area contributed by atoms with E-state index in [0.717, 1.165) is 6.41 Å². The highest BCUT2D eigenvalue weighted by Gasteiger charge is 2.00. The van der Waals surface area contributed by atoms with Gasteiger partial charge in [-0.1, -0.05) is 12.2 Å². The highest BCUT2D eigenvalue weighted by molar-refractivity contribution is 7.80.